The Morgan fingerprint density at radius 1 is 1.37 bits per heavy atom. The van der Waals surface area contributed by atoms with Gasteiger partial charge >= 0.3 is 12.0 Å². The maximum Gasteiger partial charge on any atom is 0.335 e. The molecule has 6 nitrogen and oxygen atoms in total. The van der Waals surface area contributed by atoms with Crippen molar-refractivity contribution >= 4 is 23.6 Å². The molecule has 1 N–H and O–H groups in total. The molecule has 0 aromatic heterocycles. The minimum Gasteiger partial charge on any atom is -0.478 e. The minimum atomic E-state index is -1.12. The van der Waals surface area contributed by atoms with Gasteiger partial charge in [-0.3, -0.25) is 14.6 Å². The van der Waals surface area contributed by atoms with Crippen molar-refractivity contribution in [3.8, 4) is 0 Å². The third-order valence-electron chi connectivity index (χ3n) is 2.77. The predicted octanol–water partition coefficient (Wildman–Crippen LogP) is 1.12. The number of alkyl halides is 1. The Bertz CT molecular complexity index is 546. The van der Waals surface area contributed by atoms with E-state index in [-0.39, 0.29) is 18.7 Å². The monoisotopic (exact) mass is 266 g/mol. The standard InChI is InChI=1S/C12H11FN2O4/c13-4-5-14-10(16)7-15(12(14)19)9-3-1-2-8(6-9)11(17)18/h1-3,6H,4-5,7H2,(H,17,18). The van der Waals surface area contributed by atoms with Gasteiger partial charge in [-0.25, -0.2) is 14.0 Å². The fourth-order valence-corrected chi connectivity index (χ4v) is 1.85. The first-order valence-electron chi connectivity index (χ1n) is 5.56. The summed E-state index contributed by atoms with van der Waals surface area (Å²) in [6.07, 6.45) is 0. The van der Waals surface area contributed by atoms with Crippen molar-refractivity contribution < 1.29 is 23.9 Å². The summed E-state index contributed by atoms with van der Waals surface area (Å²) in [4.78, 5) is 36.3. The van der Waals surface area contributed by atoms with Crippen LogP contribution in [-0.2, 0) is 4.79 Å². The highest BCUT2D eigenvalue weighted by molar-refractivity contribution is 6.12. The van der Waals surface area contributed by atoms with Gasteiger partial charge in [-0.2, -0.15) is 0 Å². The Kier molecular flexibility index (Phi) is 3.46. The van der Waals surface area contributed by atoms with Gasteiger partial charge in [-0.05, 0) is 18.2 Å². The molecule has 1 aliphatic rings. The van der Waals surface area contributed by atoms with Crippen molar-refractivity contribution in [3.63, 3.8) is 0 Å². The Labute approximate surface area is 108 Å². The number of anilines is 1. The zero-order valence-electron chi connectivity index (χ0n) is 9.88. The van der Waals surface area contributed by atoms with Gasteiger partial charge in [-0.15, -0.1) is 0 Å². The number of benzene rings is 1. The molecule has 1 aliphatic heterocycles. The Balaban J connectivity index is 2.28. The largest absolute Gasteiger partial charge is 0.478 e. The molecule has 7 heteroatoms. The van der Waals surface area contributed by atoms with E-state index < -0.39 is 24.6 Å². The highest BCUT2D eigenvalue weighted by Gasteiger charge is 2.36. The van der Waals surface area contributed by atoms with Crippen LogP contribution in [0.25, 0.3) is 0 Å². The van der Waals surface area contributed by atoms with Gasteiger partial charge in [0.25, 0.3) is 5.91 Å². The Morgan fingerprint density at radius 2 is 2.11 bits per heavy atom. The summed E-state index contributed by atoms with van der Waals surface area (Å²) in [7, 11) is 0. The molecule has 0 spiro atoms. The number of aromatic carboxylic acids is 1. The van der Waals surface area contributed by atoms with E-state index in [1.54, 1.807) is 0 Å². The number of carboxylic acids is 1. The molecule has 100 valence electrons. The predicted molar refractivity (Wildman–Crippen MR) is 63.8 cm³/mol. The lowest BCUT2D eigenvalue weighted by Gasteiger charge is -2.16. The second-order valence-electron chi connectivity index (χ2n) is 3.96. The first kappa shape index (κ1) is 13.0. The van der Waals surface area contributed by atoms with Crippen LogP contribution in [0.4, 0.5) is 14.9 Å². The fourth-order valence-electron chi connectivity index (χ4n) is 1.85. The van der Waals surface area contributed by atoms with E-state index in [2.05, 4.69) is 0 Å². The average Bonchev–Trinajstić information content (AvgIpc) is 2.67. The van der Waals surface area contributed by atoms with Crippen molar-refractivity contribution in [1.82, 2.24) is 4.90 Å². The minimum absolute atomic E-state index is 0.0155. The lowest BCUT2D eigenvalue weighted by atomic mass is 10.2. The molecular weight excluding hydrogens is 255 g/mol. The van der Waals surface area contributed by atoms with E-state index in [0.29, 0.717) is 5.69 Å². The van der Waals surface area contributed by atoms with E-state index in [1.807, 2.05) is 0 Å². The van der Waals surface area contributed by atoms with Crippen LogP contribution in [0.2, 0.25) is 0 Å². The maximum absolute atomic E-state index is 12.2. The second kappa shape index (κ2) is 5.05. The quantitative estimate of drug-likeness (QED) is 0.828. The van der Waals surface area contributed by atoms with E-state index in [4.69, 9.17) is 5.11 Å². The third-order valence-corrected chi connectivity index (χ3v) is 2.77. The number of hydrogen-bond donors (Lipinski definition) is 1. The van der Waals surface area contributed by atoms with Gasteiger partial charge in [0.05, 0.1) is 12.1 Å². The highest BCUT2D eigenvalue weighted by Crippen LogP contribution is 2.22. The summed E-state index contributed by atoms with van der Waals surface area (Å²) < 4.78 is 12.2. The Morgan fingerprint density at radius 3 is 2.74 bits per heavy atom. The van der Waals surface area contributed by atoms with Crippen molar-refractivity contribution in [2.24, 2.45) is 0 Å². The molecule has 2 rings (SSSR count). The number of amides is 3. The van der Waals surface area contributed by atoms with Gasteiger partial charge in [0, 0.05) is 5.69 Å². The maximum atomic E-state index is 12.2. The van der Waals surface area contributed by atoms with Crippen molar-refractivity contribution in [1.29, 1.82) is 0 Å². The zero-order valence-corrected chi connectivity index (χ0v) is 9.88. The molecule has 0 radical (unpaired) electrons. The smallest absolute Gasteiger partial charge is 0.335 e. The lowest BCUT2D eigenvalue weighted by molar-refractivity contribution is -0.125. The van der Waals surface area contributed by atoms with E-state index in [1.165, 1.54) is 24.3 Å². The van der Waals surface area contributed by atoms with E-state index in [9.17, 15) is 18.8 Å². The molecule has 1 aromatic carbocycles. The number of urea groups is 1. The van der Waals surface area contributed by atoms with Crippen LogP contribution < -0.4 is 4.90 Å². The summed E-state index contributed by atoms with van der Waals surface area (Å²) in [6, 6.07) is 5.05. The molecule has 0 unspecified atom stereocenters. The molecule has 0 aliphatic carbocycles. The highest BCUT2D eigenvalue weighted by atomic mass is 19.1. The number of rotatable bonds is 4. The number of carbonyl (C=O) groups is 3. The van der Waals surface area contributed by atoms with Gasteiger partial charge < -0.3 is 5.11 Å². The third kappa shape index (κ3) is 2.40. The molecular formula is C12H11FN2O4. The topological polar surface area (TPSA) is 77.9 Å². The molecule has 1 fully saturated rings. The number of carbonyl (C=O) groups excluding carboxylic acids is 2. The first-order chi connectivity index (χ1) is 9.04. The summed E-state index contributed by atoms with van der Waals surface area (Å²) in [6.45, 7) is -1.30. The van der Waals surface area contributed by atoms with Gasteiger partial charge in [0.2, 0.25) is 0 Å². The van der Waals surface area contributed by atoms with E-state index in [0.717, 1.165) is 9.80 Å². The second-order valence-corrected chi connectivity index (χ2v) is 3.96. The van der Waals surface area contributed by atoms with Crippen molar-refractivity contribution in [2.45, 2.75) is 0 Å². The molecule has 0 bridgehead atoms. The van der Waals surface area contributed by atoms with Crippen molar-refractivity contribution in [2.75, 3.05) is 24.7 Å². The number of carboxylic acid groups (broad SMARTS) is 1. The summed E-state index contributed by atoms with van der Waals surface area (Å²) in [5.74, 6) is -1.62. The van der Waals surface area contributed by atoms with Crippen LogP contribution in [0.1, 0.15) is 10.4 Å². The van der Waals surface area contributed by atoms with Crippen LogP contribution in [-0.4, -0.2) is 47.7 Å². The molecule has 1 heterocycles. The van der Waals surface area contributed by atoms with Gasteiger partial charge in [0.1, 0.15) is 13.2 Å². The first-order valence-corrected chi connectivity index (χ1v) is 5.56. The molecule has 1 aromatic rings. The molecule has 0 atom stereocenters. The fraction of sp³-hybridized carbons (Fsp3) is 0.250. The SMILES string of the molecule is O=C(O)c1cccc(N2CC(=O)N(CCF)C2=O)c1. The van der Waals surface area contributed by atoms with Crippen LogP contribution in [0.15, 0.2) is 24.3 Å². The van der Waals surface area contributed by atoms with Crippen LogP contribution in [0, 0.1) is 0 Å². The summed E-state index contributed by atoms with van der Waals surface area (Å²) in [5.41, 5.74) is 0.321. The molecule has 0 saturated carbocycles. The van der Waals surface area contributed by atoms with Crippen LogP contribution in [0.3, 0.4) is 0 Å². The summed E-state index contributed by atoms with van der Waals surface area (Å²) >= 11 is 0. The summed E-state index contributed by atoms with van der Waals surface area (Å²) in [5, 5.41) is 8.88. The normalized spacial score (nSPS) is 15.2. The van der Waals surface area contributed by atoms with Crippen molar-refractivity contribution in [3.05, 3.63) is 29.8 Å². The van der Waals surface area contributed by atoms with Crippen LogP contribution >= 0.6 is 0 Å². The van der Waals surface area contributed by atoms with Gasteiger partial charge in [-0.1, -0.05) is 6.07 Å². The number of hydrogen-bond acceptors (Lipinski definition) is 3. The molecule has 1 saturated heterocycles. The number of imide groups is 1. The number of nitrogens with zero attached hydrogens (tertiary/aromatic N) is 2. The Hall–Kier alpha value is -2.44. The average molecular weight is 266 g/mol. The zero-order chi connectivity index (χ0) is 14.0. The molecule has 3 amide bonds. The van der Waals surface area contributed by atoms with Crippen LogP contribution in [0.5, 0.6) is 0 Å². The van der Waals surface area contributed by atoms with Gasteiger partial charge in [0.15, 0.2) is 0 Å². The lowest BCUT2D eigenvalue weighted by Crippen LogP contribution is -2.34. The molecule has 19 heavy (non-hydrogen) atoms. The number of halogens is 1. The van der Waals surface area contributed by atoms with E-state index >= 15 is 0 Å².